The average molecular weight is 305 g/mol. The topological polar surface area (TPSA) is 38.0 Å². The van der Waals surface area contributed by atoms with Crippen molar-refractivity contribution in [3.8, 4) is 0 Å². The molecule has 0 aromatic heterocycles. The molecule has 0 aliphatic heterocycles. The van der Waals surface area contributed by atoms with Crippen molar-refractivity contribution in [2.75, 3.05) is 0 Å². The van der Waals surface area contributed by atoms with Gasteiger partial charge in [-0.3, -0.25) is 11.3 Å². The molecule has 5 heteroatoms. The second kappa shape index (κ2) is 6.23. The Kier molecular flexibility index (Phi) is 5.24. The SMILES string of the molecule is C=C(C)CCC(NN)c1c(F)cc(Br)cc1F. The number of hydrazine groups is 1. The summed E-state index contributed by atoms with van der Waals surface area (Å²) in [7, 11) is 0. The molecule has 2 nitrogen and oxygen atoms in total. The summed E-state index contributed by atoms with van der Waals surface area (Å²) in [5.74, 6) is 4.12. The van der Waals surface area contributed by atoms with Gasteiger partial charge in [-0.25, -0.2) is 8.78 Å². The Morgan fingerprint density at radius 1 is 1.47 bits per heavy atom. The Hall–Kier alpha value is -0.780. The first-order chi connectivity index (χ1) is 7.95. The zero-order chi connectivity index (χ0) is 13.0. The van der Waals surface area contributed by atoms with Crippen LogP contribution in [0.15, 0.2) is 28.8 Å². The van der Waals surface area contributed by atoms with Gasteiger partial charge in [0.05, 0.1) is 6.04 Å². The molecule has 3 N–H and O–H groups in total. The predicted octanol–water partition coefficient (Wildman–Crippen LogP) is 3.59. The largest absolute Gasteiger partial charge is 0.271 e. The average Bonchev–Trinajstić information content (AvgIpc) is 2.21. The van der Waals surface area contributed by atoms with Gasteiger partial charge in [-0.2, -0.15) is 0 Å². The van der Waals surface area contributed by atoms with E-state index in [9.17, 15) is 8.78 Å². The van der Waals surface area contributed by atoms with Gasteiger partial charge in [-0.1, -0.05) is 21.5 Å². The van der Waals surface area contributed by atoms with Crippen LogP contribution in [-0.4, -0.2) is 0 Å². The third-order valence-electron chi connectivity index (χ3n) is 2.45. The van der Waals surface area contributed by atoms with Gasteiger partial charge in [-0.05, 0) is 31.9 Å². The lowest BCUT2D eigenvalue weighted by Crippen LogP contribution is -2.29. The molecule has 0 saturated heterocycles. The van der Waals surface area contributed by atoms with Crippen molar-refractivity contribution < 1.29 is 8.78 Å². The fraction of sp³-hybridized carbons (Fsp3) is 0.333. The minimum Gasteiger partial charge on any atom is -0.271 e. The Labute approximate surface area is 108 Å². The van der Waals surface area contributed by atoms with Gasteiger partial charge < -0.3 is 0 Å². The number of rotatable bonds is 5. The van der Waals surface area contributed by atoms with Crippen molar-refractivity contribution in [2.24, 2.45) is 5.84 Å². The van der Waals surface area contributed by atoms with E-state index in [1.165, 1.54) is 12.1 Å². The van der Waals surface area contributed by atoms with E-state index in [1.54, 1.807) is 0 Å². The first kappa shape index (κ1) is 14.3. The lowest BCUT2D eigenvalue weighted by atomic mass is 9.99. The highest BCUT2D eigenvalue weighted by molar-refractivity contribution is 9.10. The summed E-state index contributed by atoms with van der Waals surface area (Å²) in [5, 5.41) is 0. The molecule has 1 unspecified atom stereocenters. The fourth-order valence-electron chi connectivity index (χ4n) is 1.59. The van der Waals surface area contributed by atoms with Gasteiger partial charge in [0.2, 0.25) is 0 Å². The van der Waals surface area contributed by atoms with Gasteiger partial charge >= 0.3 is 0 Å². The molecule has 1 aromatic carbocycles. The van der Waals surface area contributed by atoms with Crippen molar-refractivity contribution in [1.82, 2.24) is 5.43 Å². The zero-order valence-corrected chi connectivity index (χ0v) is 11.2. The van der Waals surface area contributed by atoms with E-state index < -0.39 is 17.7 Å². The summed E-state index contributed by atoms with van der Waals surface area (Å²) < 4.78 is 27.7. The molecule has 0 aliphatic carbocycles. The standard InChI is InChI=1S/C12H15BrF2N2/c1-7(2)3-4-11(17-16)12-9(14)5-8(13)6-10(12)15/h5-6,11,17H,1,3-4,16H2,2H3. The van der Waals surface area contributed by atoms with Crippen LogP contribution in [0.4, 0.5) is 8.78 Å². The molecule has 0 amide bonds. The lowest BCUT2D eigenvalue weighted by molar-refractivity contribution is 0.453. The van der Waals surface area contributed by atoms with Crippen LogP contribution >= 0.6 is 15.9 Å². The van der Waals surface area contributed by atoms with Crippen LogP contribution < -0.4 is 11.3 Å². The van der Waals surface area contributed by atoms with E-state index >= 15 is 0 Å². The highest BCUT2D eigenvalue weighted by Crippen LogP contribution is 2.27. The Balaban J connectivity index is 2.99. The Morgan fingerprint density at radius 2 is 2.00 bits per heavy atom. The smallest absolute Gasteiger partial charge is 0.132 e. The van der Waals surface area contributed by atoms with E-state index in [0.29, 0.717) is 17.3 Å². The van der Waals surface area contributed by atoms with Crippen LogP contribution in [0, 0.1) is 11.6 Å². The van der Waals surface area contributed by atoms with Gasteiger partial charge in [0, 0.05) is 10.0 Å². The minimum absolute atomic E-state index is 0.0306. The molecule has 0 radical (unpaired) electrons. The number of hydrogen-bond acceptors (Lipinski definition) is 2. The number of benzene rings is 1. The van der Waals surface area contributed by atoms with Gasteiger partial charge in [-0.15, -0.1) is 6.58 Å². The number of halogens is 3. The number of hydrogen-bond donors (Lipinski definition) is 2. The first-order valence-electron chi connectivity index (χ1n) is 5.20. The Bertz CT molecular complexity index is 398. The molecule has 1 rings (SSSR count). The summed E-state index contributed by atoms with van der Waals surface area (Å²) >= 11 is 3.03. The molecule has 0 heterocycles. The van der Waals surface area contributed by atoms with Crippen LogP contribution in [-0.2, 0) is 0 Å². The zero-order valence-electron chi connectivity index (χ0n) is 9.56. The summed E-state index contributed by atoms with van der Waals surface area (Å²) in [4.78, 5) is 0. The molecule has 94 valence electrons. The molecule has 0 saturated carbocycles. The Morgan fingerprint density at radius 3 is 2.41 bits per heavy atom. The minimum atomic E-state index is -0.610. The third-order valence-corrected chi connectivity index (χ3v) is 2.91. The first-order valence-corrected chi connectivity index (χ1v) is 6.00. The summed E-state index contributed by atoms with van der Waals surface area (Å²) in [6.07, 6.45) is 1.16. The molecule has 0 spiro atoms. The second-order valence-electron chi connectivity index (χ2n) is 4.00. The molecular weight excluding hydrogens is 290 g/mol. The summed E-state index contributed by atoms with van der Waals surface area (Å²) in [6.45, 7) is 5.61. The highest BCUT2D eigenvalue weighted by atomic mass is 79.9. The number of allylic oxidation sites excluding steroid dienone is 1. The third kappa shape index (κ3) is 3.87. The van der Waals surface area contributed by atoms with Crippen molar-refractivity contribution in [2.45, 2.75) is 25.8 Å². The second-order valence-corrected chi connectivity index (χ2v) is 4.91. The highest BCUT2D eigenvalue weighted by Gasteiger charge is 2.19. The van der Waals surface area contributed by atoms with Crippen molar-refractivity contribution in [1.29, 1.82) is 0 Å². The van der Waals surface area contributed by atoms with Crippen LogP contribution in [0.5, 0.6) is 0 Å². The van der Waals surface area contributed by atoms with Crippen LogP contribution in [0.1, 0.15) is 31.4 Å². The summed E-state index contributed by atoms with van der Waals surface area (Å²) in [6, 6.07) is 1.90. The van der Waals surface area contributed by atoms with E-state index in [-0.39, 0.29) is 5.56 Å². The van der Waals surface area contributed by atoms with Gasteiger partial charge in [0.1, 0.15) is 11.6 Å². The van der Waals surface area contributed by atoms with Crippen molar-refractivity contribution in [3.63, 3.8) is 0 Å². The van der Waals surface area contributed by atoms with E-state index in [1.807, 2.05) is 6.92 Å². The fourth-order valence-corrected chi connectivity index (χ4v) is 1.99. The maximum Gasteiger partial charge on any atom is 0.132 e. The lowest BCUT2D eigenvalue weighted by Gasteiger charge is -2.18. The molecule has 1 aromatic rings. The molecule has 0 bridgehead atoms. The van der Waals surface area contributed by atoms with Gasteiger partial charge in [0.15, 0.2) is 0 Å². The number of nitrogens with one attached hydrogen (secondary N) is 1. The molecular formula is C12H15BrF2N2. The van der Waals surface area contributed by atoms with E-state index in [2.05, 4.69) is 27.9 Å². The quantitative estimate of drug-likeness (QED) is 0.496. The van der Waals surface area contributed by atoms with Crippen LogP contribution in [0.25, 0.3) is 0 Å². The monoisotopic (exact) mass is 304 g/mol. The van der Waals surface area contributed by atoms with Crippen LogP contribution in [0.2, 0.25) is 0 Å². The van der Waals surface area contributed by atoms with E-state index in [4.69, 9.17) is 5.84 Å². The molecule has 0 aliphatic rings. The molecule has 0 fully saturated rings. The maximum atomic E-state index is 13.7. The van der Waals surface area contributed by atoms with Gasteiger partial charge in [0.25, 0.3) is 0 Å². The predicted molar refractivity (Wildman–Crippen MR) is 68.2 cm³/mol. The van der Waals surface area contributed by atoms with Crippen LogP contribution in [0.3, 0.4) is 0 Å². The maximum absolute atomic E-state index is 13.7. The molecule has 1 atom stereocenters. The molecule has 17 heavy (non-hydrogen) atoms. The number of nitrogens with two attached hydrogens (primary N) is 1. The normalized spacial score (nSPS) is 12.5. The van der Waals surface area contributed by atoms with E-state index in [0.717, 1.165) is 5.57 Å². The summed E-state index contributed by atoms with van der Waals surface area (Å²) in [5.41, 5.74) is 3.36. The van der Waals surface area contributed by atoms with Crippen molar-refractivity contribution >= 4 is 15.9 Å². The van der Waals surface area contributed by atoms with Crippen molar-refractivity contribution in [3.05, 3.63) is 46.0 Å².